The summed E-state index contributed by atoms with van der Waals surface area (Å²) in [6, 6.07) is 17.9. The molecule has 2 aromatic carbocycles. The van der Waals surface area contributed by atoms with Crippen LogP contribution in [0, 0.1) is 17.2 Å². The molecule has 0 amide bonds. The maximum absolute atomic E-state index is 13.0. The summed E-state index contributed by atoms with van der Waals surface area (Å²) in [5, 5.41) is 12.9. The number of carbonyl (C=O) groups is 1. The van der Waals surface area contributed by atoms with E-state index in [1.165, 1.54) is 11.3 Å². The Balaban J connectivity index is 1.81. The second-order valence-corrected chi connectivity index (χ2v) is 8.77. The van der Waals surface area contributed by atoms with Crippen LogP contribution in [0.2, 0.25) is 0 Å². The number of ether oxygens (including phenoxy) is 2. The molecule has 172 valence electrons. The minimum atomic E-state index is -0.578. The van der Waals surface area contributed by atoms with Crippen molar-refractivity contribution in [1.82, 2.24) is 4.98 Å². The molecular formula is C27H25N3O3S. The minimum Gasteiger partial charge on any atom is -0.497 e. The van der Waals surface area contributed by atoms with Crippen LogP contribution >= 0.6 is 11.3 Å². The number of aromatic nitrogens is 1. The van der Waals surface area contributed by atoms with Gasteiger partial charge < -0.3 is 9.47 Å². The lowest BCUT2D eigenvalue weighted by Crippen LogP contribution is -2.29. The Bertz CT molecular complexity index is 1320. The normalized spacial score (nSPS) is 17.7. The van der Waals surface area contributed by atoms with E-state index in [0.717, 1.165) is 33.1 Å². The lowest BCUT2D eigenvalue weighted by molar-refractivity contribution is -0.139. The first-order chi connectivity index (χ1) is 16.5. The van der Waals surface area contributed by atoms with Crippen LogP contribution < -0.4 is 4.74 Å². The van der Waals surface area contributed by atoms with Crippen molar-refractivity contribution >= 4 is 23.0 Å². The van der Waals surface area contributed by atoms with Gasteiger partial charge in [-0.2, -0.15) is 5.26 Å². The van der Waals surface area contributed by atoms with E-state index in [1.807, 2.05) is 60.8 Å². The summed E-state index contributed by atoms with van der Waals surface area (Å²) in [5.41, 5.74) is 5.29. The molecule has 0 radical (unpaired) electrons. The Labute approximate surface area is 203 Å². The second-order valence-electron chi connectivity index (χ2n) is 7.91. The third kappa shape index (κ3) is 4.37. The Morgan fingerprint density at radius 3 is 2.56 bits per heavy atom. The number of methoxy groups -OCH3 is 1. The summed E-state index contributed by atoms with van der Waals surface area (Å²) >= 11 is 1.53. The van der Waals surface area contributed by atoms with Crippen LogP contribution in [0.4, 0.5) is 0 Å². The first-order valence-corrected chi connectivity index (χ1v) is 11.9. The highest BCUT2D eigenvalue weighted by Gasteiger charge is 2.39. The van der Waals surface area contributed by atoms with Crippen LogP contribution in [0.5, 0.6) is 5.75 Å². The average molecular weight is 472 g/mol. The number of hydrogen-bond donors (Lipinski definition) is 0. The molecule has 2 atom stereocenters. The second kappa shape index (κ2) is 10.0. The number of rotatable bonds is 6. The molecule has 4 rings (SSSR count). The number of thiazole rings is 1. The van der Waals surface area contributed by atoms with Gasteiger partial charge in [0, 0.05) is 33.8 Å². The summed E-state index contributed by atoms with van der Waals surface area (Å²) in [7, 11) is 1.64. The highest BCUT2D eigenvalue weighted by Crippen LogP contribution is 2.43. The molecule has 0 N–H and O–H groups in total. The van der Waals surface area contributed by atoms with E-state index in [9.17, 15) is 10.1 Å². The van der Waals surface area contributed by atoms with Crippen LogP contribution in [0.3, 0.4) is 0 Å². The Hall–Kier alpha value is -3.76. The molecule has 1 aromatic heterocycles. The van der Waals surface area contributed by atoms with E-state index >= 15 is 0 Å². The summed E-state index contributed by atoms with van der Waals surface area (Å²) in [5.74, 6) is -0.721. The highest BCUT2D eigenvalue weighted by molar-refractivity contribution is 7.13. The third-order valence-electron chi connectivity index (χ3n) is 5.88. The summed E-state index contributed by atoms with van der Waals surface area (Å²) in [6.45, 7) is 5.65. The fourth-order valence-corrected chi connectivity index (χ4v) is 5.14. The van der Waals surface area contributed by atoms with Gasteiger partial charge in [-0.05, 0) is 50.6 Å². The average Bonchev–Trinajstić information content (AvgIpc) is 3.34. The SMILES string of the molecule is CCOC(=O)C1=C(C)N=C(C)C(C#N)C1c1ccccc1-c1nc(-c2ccc(OC)cc2)cs1. The minimum absolute atomic E-state index is 0.252. The van der Waals surface area contributed by atoms with Gasteiger partial charge in [-0.15, -0.1) is 11.3 Å². The quantitative estimate of drug-likeness (QED) is 0.410. The van der Waals surface area contributed by atoms with Crippen LogP contribution in [0.25, 0.3) is 21.8 Å². The number of carbonyl (C=O) groups excluding carboxylic acids is 1. The van der Waals surface area contributed by atoms with Crippen molar-refractivity contribution in [2.24, 2.45) is 10.9 Å². The maximum atomic E-state index is 13.0. The topological polar surface area (TPSA) is 84.6 Å². The van der Waals surface area contributed by atoms with Gasteiger partial charge >= 0.3 is 5.97 Å². The van der Waals surface area contributed by atoms with E-state index in [4.69, 9.17) is 14.5 Å². The Morgan fingerprint density at radius 2 is 1.88 bits per heavy atom. The zero-order chi connectivity index (χ0) is 24.2. The molecule has 3 aromatic rings. The van der Waals surface area contributed by atoms with E-state index in [1.54, 1.807) is 21.0 Å². The van der Waals surface area contributed by atoms with Gasteiger partial charge in [0.05, 0.1) is 37.0 Å². The van der Waals surface area contributed by atoms with Gasteiger partial charge in [0.1, 0.15) is 10.8 Å². The molecule has 1 aliphatic heterocycles. The van der Waals surface area contributed by atoms with Gasteiger partial charge in [-0.25, -0.2) is 9.78 Å². The van der Waals surface area contributed by atoms with Gasteiger partial charge in [0.25, 0.3) is 0 Å². The van der Waals surface area contributed by atoms with E-state index < -0.39 is 17.8 Å². The van der Waals surface area contributed by atoms with Gasteiger partial charge in [-0.1, -0.05) is 24.3 Å². The van der Waals surface area contributed by atoms with Crippen LogP contribution in [0.15, 0.2) is 70.2 Å². The number of benzene rings is 2. The van der Waals surface area contributed by atoms with Crippen molar-refractivity contribution in [3.8, 4) is 33.6 Å². The molecule has 34 heavy (non-hydrogen) atoms. The fourth-order valence-electron chi connectivity index (χ4n) is 4.27. The Kier molecular flexibility index (Phi) is 6.90. The zero-order valence-corrected chi connectivity index (χ0v) is 20.3. The molecule has 2 unspecified atom stereocenters. The molecule has 6 nitrogen and oxygen atoms in total. The largest absolute Gasteiger partial charge is 0.497 e. The number of nitriles is 1. The molecule has 0 saturated carbocycles. The van der Waals surface area contributed by atoms with Crippen LogP contribution in [-0.2, 0) is 9.53 Å². The van der Waals surface area contributed by atoms with E-state index in [2.05, 4.69) is 11.1 Å². The highest BCUT2D eigenvalue weighted by atomic mass is 32.1. The van der Waals surface area contributed by atoms with Crippen molar-refractivity contribution in [1.29, 1.82) is 5.26 Å². The van der Waals surface area contributed by atoms with Gasteiger partial charge in [-0.3, -0.25) is 4.99 Å². The molecular weight excluding hydrogens is 446 g/mol. The monoisotopic (exact) mass is 471 g/mol. The fraction of sp³-hybridized carbons (Fsp3) is 0.259. The van der Waals surface area contributed by atoms with E-state index in [0.29, 0.717) is 17.0 Å². The van der Waals surface area contributed by atoms with E-state index in [-0.39, 0.29) is 6.61 Å². The van der Waals surface area contributed by atoms with Gasteiger partial charge in [0.15, 0.2) is 0 Å². The number of nitrogens with zero attached hydrogens (tertiary/aromatic N) is 3. The van der Waals surface area contributed by atoms with Crippen molar-refractivity contribution in [2.45, 2.75) is 26.7 Å². The first-order valence-electron chi connectivity index (χ1n) is 11.0. The lowest BCUT2D eigenvalue weighted by atomic mass is 9.75. The van der Waals surface area contributed by atoms with Crippen molar-refractivity contribution < 1.29 is 14.3 Å². The van der Waals surface area contributed by atoms with Crippen molar-refractivity contribution in [3.05, 3.63) is 70.7 Å². The number of hydrogen-bond acceptors (Lipinski definition) is 7. The molecule has 0 bridgehead atoms. The molecule has 0 fully saturated rings. The number of esters is 1. The molecule has 7 heteroatoms. The summed E-state index contributed by atoms with van der Waals surface area (Å²) < 4.78 is 10.6. The zero-order valence-electron chi connectivity index (χ0n) is 19.5. The molecule has 0 aliphatic carbocycles. The first kappa shape index (κ1) is 23.4. The summed E-state index contributed by atoms with van der Waals surface area (Å²) in [6.07, 6.45) is 0. The van der Waals surface area contributed by atoms with Gasteiger partial charge in [0.2, 0.25) is 0 Å². The smallest absolute Gasteiger partial charge is 0.336 e. The molecule has 1 aliphatic rings. The van der Waals surface area contributed by atoms with Crippen molar-refractivity contribution in [2.75, 3.05) is 13.7 Å². The van der Waals surface area contributed by atoms with Crippen molar-refractivity contribution in [3.63, 3.8) is 0 Å². The standard InChI is InChI=1S/C27H25N3O3S/c1-5-33-27(31)24-17(3)29-16(2)22(14-28)25(24)20-8-6-7-9-21(20)26-30-23(15-34-26)18-10-12-19(32-4)13-11-18/h6-13,15,22,25H,5H2,1-4H3. The third-order valence-corrected chi connectivity index (χ3v) is 6.75. The predicted molar refractivity (Wildman–Crippen MR) is 134 cm³/mol. The molecule has 0 spiro atoms. The van der Waals surface area contributed by atoms with Crippen LogP contribution in [0.1, 0.15) is 32.3 Å². The molecule has 0 saturated heterocycles. The summed E-state index contributed by atoms with van der Waals surface area (Å²) in [4.78, 5) is 22.4. The molecule has 2 heterocycles. The Morgan fingerprint density at radius 1 is 1.15 bits per heavy atom. The maximum Gasteiger partial charge on any atom is 0.336 e. The number of allylic oxidation sites excluding steroid dienone is 1. The predicted octanol–water partition coefficient (Wildman–Crippen LogP) is 6.02. The van der Waals surface area contributed by atoms with Crippen LogP contribution in [-0.4, -0.2) is 30.4 Å². The lowest BCUT2D eigenvalue weighted by Gasteiger charge is -2.30. The number of aliphatic imine (C=N–C) groups is 1.